The van der Waals surface area contributed by atoms with E-state index in [2.05, 4.69) is 82.3 Å². The smallest absolute Gasteiger partial charge is 0.248 e. The number of rotatable bonds is 6. The highest BCUT2D eigenvalue weighted by Gasteiger charge is 2.46. The molecule has 4 aliphatic rings. The molecule has 2 saturated heterocycles. The fraction of sp³-hybridized carbons (Fsp3) is 0.182. The van der Waals surface area contributed by atoms with Crippen molar-refractivity contribution in [3.05, 3.63) is 154 Å². The van der Waals surface area contributed by atoms with Crippen LogP contribution in [0.4, 0.5) is 5.00 Å². The van der Waals surface area contributed by atoms with Gasteiger partial charge in [-0.1, -0.05) is 121 Å². The van der Waals surface area contributed by atoms with Gasteiger partial charge in [0.1, 0.15) is 24.0 Å². The van der Waals surface area contributed by atoms with Crippen molar-refractivity contribution in [1.82, 2.24) is 0 Å². The van der Waals surface area contributed by atoms with Gasteiger partial charge in [0.25, 0.3) is 0 Å². The van der Waals surface area contributed by atoms with E-state index in [0.717, 1.165) is 90.5 Å². The number of morpholine rings is 2. The number of hydrogen-bond acceptors (Lipinski definition) is 7. The molecule has 3 aliphatic heterocycles. The Kier molecular flexibility index (Phi) is 8.98. The lowest BCUT2D eigenvalue weighted by atomic mass is 9.81. The summed E-state index contributed by atoms with van der Waals surface area (Å²) in [6, 6.07) is 41.3. The van der Waals surface area contributed by atoms with Crippen LogP contribution in [-0.4, -0.2) is 73.1 Å². The number of aliphatic hydroxyl groups is 1. The fourth-order valence-corrected chi connectivity index (χ4v) is 10.4. The third-order valence-corrected chi connectivity index (χ3v) is 12.5. The minimum absolute atomic E-state index is 0.0585. The van der Waals surface area contributed by atoms with E-state index < -0.39 is 0 Å². The van der Waals surface area contributed by atoms with Crippen molar-refractivity contribution in [3.63, 3.8) is 0 Å². The van der Waals surface area contributed by atoms with Gasteiger partial charge in [-0.15, -0.1) is 11.3 Å². The molecular formula is C44H37N2O4S2+. The molecule has 1 N–H and O–H groups in total. The molecule has 5 aromatic rings. The van der Waals surface area contributed by atoms with E-state index in [-0.39, 0.29) is 11.5 Å². The standard InChI is InChI=1S/C44H36N2O4S2/c47-39-37(41-33(29-13-5-1-6-14-29)35(31-17-9-3-10-18-31)43(51-41)45-21-25-49-26-22-45)40(48)38(39)42-34(30-15-7-2-8-16-30)36(32-19-11-4-12-20-32)44(52-42)46-23-27-50-28-24-46/h1-20H,21-28H2/p+1. The minimum atomic E-state index is -0.129. The van der Waals surface area contributed by atoms with Crippen molar-refractivity contribution in [1.29, 1.82) is 0 Å². The number of aliphatic hydroxyl groups excluding tert-OH is 1. The molecule has 0 bridgehead atoms. The van der Waals surface area contributed by atoms with E-state index in [0.29, 0.717) is 37.6 Å². The van der Waals surface area contributed by atoms with Crippen LogP contribution >= 0.6 is 23.1 Å². The Bertz CT molecular complexity index is 2280. The first-order valence-corrected chi connectivity index (χ1v) is 19.4. The van der Waals surface area contributed by atoms with E-state index >= 15 is 0 Å². The summed E-state index contributed by atoms with van der Waals surface area (Å²) in [5.74, 6) is -0.0706. The van der Waals surface area contributed by atoms with Crippen LogP contribution in [0.15, 0.2) is 138 Å². The zero-order chi connectivity index (χ0) is 35.0. The summed E-state index contributed by atoms with van der Waals surface area (Å²) in [7, 11) is 0. The highest BCUT2D eigenvalue weighted by molar-refractivity contribution is 8.19. The molecule has 9 rings (SSSR count). The number of allylic oxidation sites excluding steroid dienone is 3. The van der Waals surface area contributed by atoms with Crippen LogP contribution in [0, 0.1) is 0 Å². The van der Waals surface area contributed by atoms with Crippen LogP contribution in [0.5, 0.6) is 0 Å². The number of ketones is 1. The van der Waals surface area contributed by atoms with E-state index in [1.807, 2.05) is 48.5 Å². The number of nitrogens with zero attached hydrogens (tertiary/aromatic N) is 2. The monoisotopic (exact) mass is 721 g/mol. The molecule has 0 atom stereocenters. The number of carbonyl (C=O) groups is 1. The lowest BCUT2D eigenvalue weighted by Crippen LogP contribution is -2.35. The number of hydrogen-bond donors (Lipinski definition) is 1. The Hall–Kier alpha value is -4.99. The maximum Gasteiger partial charge on any atom is 0.248 e. The molecule has 8 heteroatoms. The van der Waals surface area contributed by atoms with Crippen LogP contribution < -0.4 is 4.90 Å². The van der Waals surface area contributed by atoms with Gasteiger partial charge in [0.15, 0.2) is 13.1 Å². The van der Waals surface area contributed by atoms with Gasteiger partial charge in [0.2, 0.25) is 10.8 Å². The SMILES string of the molecule is O=C1C(c2sc(N3CCOCC3)c(-c3ccccc3)c2-c2ccccc2)=C(O)/C1=C1/SC(=[N+]2CCOCC2)C(c2ccccc2)=C1c1ccccc1. The van der Waals surface area contributed by atoms with Gasteiger partial charge in [-0.2, -0.15) is 0 Å². The quantitative estimate of drug-likeness (QED) is 0.140. The van der Waals surface area contributed by atoms with Gasteiger partial charge in [-0.25, -0.2) is 4.58 Å². The molecule has 1 aromatic heterocycles. The largest absolute Gasteiger partial charge is 0.506 e. The van der Waals surface area contributed by atoms with Crippen molar-refractivity contribution < 1.29 is 24.0 Å². The van der Waals surface area contributed by atoms with Crippen molar-refractivity contribution in [2.45, 2.75) is 0 Å². The molecule has 2 fully saturated rings. The van der Waals surface area contributed by atoms with E-state index in [4.69, 9.17) is 9.47 Å². The second-order valence-electron chi connectivity index (χ2n) is 13.1. The average molecular weight is 722 g/mol. The van der Waals surface area contributed by atoms with E-state index in [1.54, 1.807) is 23.1 Å². The molecule has 6 nitrogen and oxygen atoms in total. The number of benzene rings is 4. The Morgan fingerprint density at radius 1 is 0.577 bits per heavy atom. The number of anilines is 1. The highest BCUT2D eigenvalue weighted by Crippen LogP contribution is 2.57. The maximum atomic E-state index is 14.9. The molecule has 0 radical (unpaired) electrons. The Balaban J connectivity index is 1.29. The van der Waals surface area contributed by atoms with Crippen LogP contribution in [0.2, 0.25) is 0 Å². The van der Waals surface area contributed by atoms with Crippen LogP contribution in [0.3, 0.4) is 0 Å². The maximum absolute atomic E-state index is 14.9. The fourth-order valence-electron chi connectivity index (χ4n) is 7.50. The number of thiophene rings is 1. The Morgan fingerprint density at radius 2 is 1.08 bits per heavy atom. The lowest BCUT2D eigenvalue weighted by Gasteiger charge is -2.29. The van der Waals surface area contributed by atoms with Gasteiger partial charge in [-0.05, 0) is 34.0 Å². The van der Waals surface area contributed by atoms with Gasteiger partial charge in [-0.3, -0.25) is 4.79 Å². The van der Waals surface area contributed by atoms with Crippen molar-refractivity contribution in [3.8, 4) is 22.3 Å². The van der Waals surface area contributed by atoms with E-state index in [9.17, 15) is 9.90 Å². The summed E-state index contributed by atoms with van der Waals surface area (Å²) in [5, 5.41) is 14.5. The average Bonchev–Trinajstić information content (AvgIpc) is 3.80. The first kappa shape index (κ1) is 32.9. The summed E-state index contributed by atoms with van der Waals surface area (Å²) in [5.41, 5.74) is 9.05. The number of thioether (sulfide) groups is 1. The van der Waals surface area contributed by atoms with Crippen molar-refractivity contribution in [2.24, 2.45) is 0 Å². The Labute approximate surface area is 311 Å². The second-order valence-corrected chi connectivity index (χ2v) is 15.1. The lowest BCUT2D eigenvalue weighted by molar-refractivity contribution is -0.545. The molecule has 1 aliphatic carbocycles. The molecule has 4 heterocycles. The highest BCUT2D eigenvalue weighted by atomic mass is 32.2. The predicted molar refractivity (Wildman–Crippen MR) is 213 cm³/mol. The normalized spacial score (nSPS) is 19.5. The van der Waals surface area contributed by atoms with Crippen LogP contribution in [0.1, 0.15) is 16.0 Å². The Morgan fingerprint density at radius 3 is 1.63 bits per heavy atom. The molecule has 0 amide bonds. The van der Waals surface area contributed by atoms with Gasteiger partial charge in [0.05, 0.1) is 34.8 Å². The third-order valence-electron chi connectivity index (χ3n) is 10.0. The van der Waals surface area contributed by atoms with Gasteiger partial charge >= 0.3 is 0 Å². The van der Waals surface area contributed by atoms with E-state index in [1.165, 1.54) is 0 Å². The zero-order valence-corrected chi connectivity index (χ0v) is 30.2. The number of Topliss-reactive ketones (excluding diaryl/α,β-unsaturated/α-hetero) is 1. The summed E-state index contributed by atoms with van der Waals surface area (Å²) in [6.45, 7) is 5.59. The molecular weight excluding hydrogens is 685 g/mol. The van der Waals surface area contributed by atoms with Gasteiger partial charge in [0, 0.05) is 34.7 Å². The third kappa shape index (κ3) is 5.76. The molecule has 52 heavy (non-hydrogen) atoms. The summed E-state index contributed by atoms with van der Waals surface area (Å²) in [4.78, 5) is 18.9. The predicted octanol–water partition coefficient (Wildman–Crippen LogP) is 8.82. The molecule has 258 valence electrons. The van der Waals surface area contributed by atoms with Crippen LogP contribution in [0.25, 0.3) is 39.0 Å². The summed E-state index contributed by atoms with van der Waals surface area (Å²) < 4.78 is 13.9. The minimum Gasteiger partial charge on any atom is -0.506 e. The zero-order valence-electron chi connectivity index (χ0n) is 28.6. The van der Waals surface area contributed by atoms with Crippen LogP contribution in [-0.2, 0) is 14.3 Å². The topological polar surface area (TPSA) is 62.0 Å². The first-order valence-electron chi connectivity index (χ1n) is 17.8. The van der Waals surface area contributed by atoms with Crippen molar-refractivity contribution >= 4 is 55.6 Å². The van der Waals surface area contributed by atoms with Crippen molar-refractivity contribution in [2.75, 3.05) is 57.5 Å². The molecule has 4 aromatic carbocycles. The second kappa shape index (κ2) is 14.2. The molecule has 0 unspecified atom stereocenters. The summed E-state index contributed by atoms with van der Waals surface area (Å²) >= 11 is 3.20. The number of ether oxygens (including phenoxy) is 2. The van der Waals surface area contributed by atoms with Gasteiger partial charge < -0.3 is 19.5 Å². The molecule has 0 saturated carbocycles. The first-order chi connectivity index (χ1) is 25.7. The number of carbonyl (C=O) groups excluding carboxylic acids is 1. The summed E-state index contributed by atoms with van der Waals surface area (Å²) in [6.07, 6.45) is 0. The molecule has 0 spiro atoms.